The number of nitrogens with two attached hydrogens (primary N) is 2. The van der Waals surface area contributed by atoms with Crippen molar-refractivity contribution in [3.63, 3.8) is 0 Å². The zero-order valence-electron chi connectivity index (χ0n) is 12.2. The summed E-state index contributed by atoms with van der Waals surface area (Å²) in [5.74, 6) is 0.637. The van der Waals surface area contributed by atoms with E-state index in [1.807, 2.05) is 19.1 Å². The van der Waals surface area contributed by atoms with Crippen molar-refractivity contribution in [2.24, 2.45) is 17.4 Å². The highest BCUT2D eigenvalue weighted by molar-refractivity contribution is 5.92. The van der Waals surface area contributed by atoms with Crippen molar-refractivity contribution in [3.05, 3.63) is 23.4 Å². The molecule has 1 amide bonds. The van der Waals surface area contributed by atoms with Gasteiger partial charge in [-0.3, -0.25) is 4.79 Å². The predicted molar refractivity (Wildman–Crippen MR) is 80.3 cm³/mol. The van der Waals surface area contributed by atoms with Crippen LogP contribution < -0.4 is 16.8 Å². The number of carbonyl (C=O) groups excluding carboxylic acids is 1. The standard InChI is InChI=1S/C15H24N4O/c1-3-10-5-4-9(2)18-14(10)19-15(20)11-6-7-12(16)13(17)8-11/h4-5,11-13H,3,6-8,16-17H2,1-2H3,(H,18,19,20). The van der Waals surface area contributed by atoms with Crippen LogP contribution in [0.2, 0.25) is 0 Å². The van der Waals surface area contributed by atoms with Crippen LogP contribution in [0.25, 0.3) is 0 Å². The van der Waals surface area contributed by atoms with E-state index < -0.39 is 0 Å². The number of anilines is 1. The molecule has 1 aromatic heterocycles. The normalized spacial score (nSPS) is 26.3. The molecule has 1 fully saturated rings. The summed E-state index contributed by atoms with van der Waals surface area (Å²) in [7, 11) is 0. The molecular weight excluding hydrogens is 252 g/mol. The number of amides is 1. The number of rotatable bonds is 3. The number of hydrogen-bond acceptors (Lipinski definition) is 4. The Morgan fingerprint density at radius 1 is 1.35 bits per heavy atom. The van der Waals surface area contributed by atoms with Crippen molar-refractivity contribution in [2.45, 2.75) is 51.6 Å². The quantitative estimate of drug-likeness (QED) is 0.776. The fourth-order valence-electron chi connectivity index (χ4n) is 2.66. The van der Waals surface area contributed by atoms with Gasteiger partial charge < -0.3 is 16.8 Å². The van der Waals surface area contributed by atoms with Gasteiger partial charge in [-0.2, -0.15) is 0 Å². The molecule has 0 spiro atoms. The Morgan fingerprint density at radius 3 is 2.75 bits per heavy atom. The zero-order valence-corrected chi connectivity index (χ0v) is 12.2. The Balaban J connectivity index is 2.06. The molecule has 20 heavy (non-hydrogen) atoms. The SMILES string of the molecule is CCc1ccc(C)nc1NC(=O)C1CCC(N)C(N)C1. The summed E-state index contributed by atoms with van der Waals surface area (Å²) < 4.78 is 0. The van der Waals surface area contributed by atoms with E-state index in [1.54, 1.807) is 0 Å². The Morgan fingerprint density at radius 2 is 2.10 bits per heavy atom. The lowest BCUT2D eigenvalue weighted by Crippen LogP contribution is -2.48. The average Bonchev–Trinajstić information content (AvgIpc) is 2.42. The van der Waals surface area contributed by atoms with Gasteiger partial charge in [0, 0.05) is 23.7 Å². The molecule has 0 bridgehead atoms. The fourth-order valence-corrected chi connectivity index (χ4v) is 2.66. The molecule has 1 heterocycles. The summed E-state index contributed by atoms with van der Waals surface area (Å²) >= 11 is 0. The fraction of sp³-hybridized carbons (Fsp3) is 0.600. The zero-order chi connectivity index (χ0) is 14.7. The number of nitrogens with one attached hydrogen (secondary N) is 1. The van der Waals surface area contributed by atoms with E-state index in [9.17, 15) is 4.79 Å². The molecular formula is C15H24N4O. The van der Waals surface area contributed by atoms with Gasteiger partial charge in [-0.15, -0.1) is 0 Å². The molecule has 1 aromatic rings. The van der Waals surface area contributed by atoms with E-state index in [-0.39, 0.29) is 23.9 Å². The molecule has 0 radical (unpaired) electrons. The van der Waals surface area contributed by atoms with Crippen molar-refractivity contribution in [1.29, 1.82) is 0 Å². The molecule has 110 valence electrons. The van der Waals surface area contributed by atoms with Crippen LogP contribution in [0, 0.1) is 12.8 Å². The van der Waals surface area contributed by atoms with Crippen molar-refractivity contribution in [1.82, 2.24) is 4.98 Å². The largest absolute Gasteiger partial charge is 0.326 e. The van der Waals surface area contributed by atoms with Crippen molar-refractivity contribution in [2.75, 3.05) is 5.32 Å². The van der Waals surface area contributed by atoms with Gasteiger partial charge in [-0.1, -0.05) is 13.0 Å². The van der Waals surface area contributed by atoms with Gasteiger partial charge in [-0.05, 0) is 44.2 Å². The smallest absolute Gasteiger partial charge is 0.228 e. The molecule has 1 saturated carbocycles. The van der Waals surface area contributed by atoms with Crippen molar-refractivity contribution in [3.8, 4) is 0 Å². The first-order valence-electron chi connectivity index (χ1n) is 7.29. The van der Waals surface area contributed by atoms with Crippen LogP contribution in [0.4, 0.5) is 5.82 Å². The van der Waals surface area contributed by atoms with Gasteiger partial charge in [-0.25, -0.2) is 4.98 Å². The molecule has 0 aliphatic heterocycles. The van der Waals surface area contributed by atoms with E-state index in [0.29, 0.717) is 12.2 Å². The molecule has 1 aliphatic carbocycles. The number of hydrogen-bond donors (Lipinski definition) is 3. The van der Waals surface area contributed by atoms with Crippen LogP contribution >= 0.6 is 0 Å². The maximum absolute atomic E-state index is 12.4. The molecule has 5 N–H and O–H groups in total. The lowest BCUT2D eigenvalue weighted by Gasteiger charge is -2.30. The van der Waals surface area contributed by atoms with E-state index in [4.69, 9.17) is 11.5 Å². The Kier molecular flexibility index (Phi) is 4.73. The summed E-state index contributed by atoms with van der Waals surface area (Å²) in [4.78, 5) is 16.8. The highest BCUT2D eigenvalue weighted by Gasteiger charge is 2.30. The summed E-state index contributed by atoms with van der Waals surface area (Å²) in [6.45, 7) is 3.97. The average molecular weight is 276 g/mol. The molecule has 3 atom stereocenters. The second-order valence-electron chi connectivity index (χ2n) is 5.64. The van der Waals surface area contributed by atoms with Gasteiger partial charge >= 0.3 is 0 Å². The minimum atomic E-state index is -0.0874. The highest BCUT2D eigenvalue weighted by atomic mass is 16.1. The van der Waals surface area contributed by atoms with Gasteiger partial charge in [0.15, 0.2) is 0 Å². The third-order valence-electron chi connectivity index (χ3n) is 4.07. The van der Waals surface area contributed by atoms with Crippen molar-refractivity contribution < 1.29 is 4.79 Å². The maximum atomic E-state index is 12.4. The van der Waals surface area contributed by atoms with Gasteiger partial charge in [0.25, 0.3) is 0 Å². The first-order chi connectivity index (χ1) is 9.51. The van der Waals surface area contributed by atoms with Crippen molar-refractivity contribution >= 4 is 11.7 Å². The van der Waals surface area contributed by atoms with Gasteiger partial charge in [0.2, 0.25) is 5.91 Å². The minimum absolute atomic E-state index is 0.0140. The number of nitrogens with zero attached hydrogens (tertiary/aromatic N) is 1. The molecule has 1 aliphatic rings. The lowest BCUT2D eigenvalue weighted by atomic mass is 9.82. The number of aromatic nitrogens is 1. The molecule has 3 unspecified atom stereocenters. The number of carbonyl (C=O) groups is 1. The predicted octanol–water partition coefficient (Wildman–Crippen LogP) is 1.35. The van der Waals surface area contributed by atoms with E-state index in [1.165, 1.54) is 0 Å². The van der Waals surface area contributed by atoms with E-state index in [0.717, 1.165) is 30.5 Å². The summed E-state index contributed by atoms with van der Waals surface area (Å²) in [6.07, 6.45) is 3.10. The second kappa shape index (κ2) is 6.33. The monoisotopic (exact) mass is 276 g/mol. The first-order valence-corrected chi connectivity index (χ1v) is 7.29. The number of aryl methyl sites for hydroxylation is 2. The van der Waals surface area contributed by atoms with Crippen LogP contribution in [0.15, 0.2) is 12.1 Å². The summed E-state index contributed by atoms with van der Waals surface area (Å²) in [5, 5.41) is 2.96. The first kappa shape index (κ1) is 14.9. The summed E-state index contributed by atoms with van der Waals surface area (Å²) in [6, 6.07) is 3.91. The van der Waals surface area contributed by atoms with E-state index >= 15 is 0 Å². The van der Waals surface area contributed by atoms with Gasteiger partial charge in [0.05, 0.1) is 0 Å². The van der Waals surface area contributed by atoms with Crippen LogP contribution in [-0.2, 0) is 11.2 Å². The molecule has 5 nitrogen and oxygen atoms in total. The Hall–Kier alpha value is -1.46. The third-order valence-corrected chi connectivity index (χ3v) is 4.07. The molecule has 0 saturated heterocycles. The van der Waals surface area contributed by atoms with Gasteiger partial charge in [0.1, 0.15) is 5.82 Å². The molecule has 2 rings (SSSR count). The number of pyridine rings is 1. The molecule has 0 aromatic carbocycles. The summed E-state index contributed by atoms with van der Waals surface area (Å²) in [5.41, 5.74) is 13.8. The highest BCUT2D eigenvalue weighted by Crippen LogP contribution is 2.24. The Labute approximate surface area is 120 Å². The molecule has 5 heteroatoms. The maximum Gasteiger partial charge on any atom is 0.228 e. The lowest BCUT2D eigenvalue weighted by molar-refractivity contribution is -0.121. The van der Waals surface area contributed by atoms with Crippen LogP contribution in [0.5, 0.6) is 0 Å². The van der Waals surface area contributed by atoms with Crippen LogP contribution in [0.1, 0.15) is 37.4 Å². The second-order valence-corrected chi connectivity index (χ2v) is 5.64. The minimum Gasteiger partial charge on any atom is -0.326 e. The topological polar surface area (TPSA) is 94.0 Å². The van der Waals surface area contributed by atoms with Crippen LogP contribution in [-0.4, -0.2) is 23.0 Å². The van der Waals surface area contributed by atoms with Crippen LogP contribution in [0.3, 0.4) is 0 Å². The Bertz CT molecular complexity index is 489. The van der Waals surface area contributed by atoms with E-state index in [2.05, 4.69) is 17.2 Å². The third kappa shape index (κ3) is 3.35.